The topological polar surface area (TPSA) is 58.3 Å². The Bertz CT molecular complexity index is 705. The molecule has 0 fully saturated rings. The number of hydrogen-bond acceptors (Lipinski definition) is 4. The molecule has 0 N–H and O–H groups in total. The molecule has 0 saturated carbocycles. The van der Waals surface area contributed by atoms with Crippen LogP contribution in [0.2, 0.25) is 0 Å². The van der Waals surface area contributed by atoms with E-state index in [9.17, 15) is 4.39 Å². The summed E-state index contributed by atoms with van der Waals surface area (Å²) in [5, 5.41) is 9.13. The second-order valence-corrected chi connectivity index (χ2v) is 3.98. The van der Waals surface area contributed by atoms with Crippen molar-refractivity contribution in [3.8, 4) is 17.7 Å². The lowest BCUT2D eigenvalue weighted by molar-refractivity contribution is 0.425. The SMILES string of the molecule is CC=Nc1cc(C#N)c(Oc2ccccc2F)nc1C. The summed E-state index contributed by atoms with van der Waals surface area (Å²) in [5.74, 6) is -0.403. The molecule has 1 aromatic heterocycles. The summed E-state index contributed by atoms with van der Waals surface area (Å²) < 4.78 is 18.9. The average Bonchev–Trinajstić information content (AvgIpc) is 2.44. The van der Waals surface area contributed by atoms with Crippen LogP contribution in [0.1, 0.15) is 18.2 Å². The van der Waals surface area contributed by atoms with E-state index in [1.165, 1.54) is 12.1 Å². The minimum Gasteiger partial charge on any atom is -0.435 e. The predicted molar refractivity (Wildman–Crippen MR) is 74.0 cm³/mol. The van der Waals surface area contributed by atoms with Crippen molar-refractivity contribution in [1.29, 1.82) is 5.26 Å². The molecule has 4 nitrogen and oxygen atoms in total. The van der Waals surface area contributed by atoms with E-state index < -0.39 is 5.82 Å². The summed E-state index contributed by atoms with van der Waals surface area (Å²) in [6.07, 6.45) is 1.61. The molecule has 100 valence electrons. The number of aryl methyl sites for hydroxylation is 1. The van der Waals surface area contributed by atoms with E-state index in [1.54, 1.807) is 38.3 Å². The monoisotopic (exact) mass is 269 g/mol. The third kappa shape index (κ3) is 2.81. The van der Waals surface area contributed by atoms with Gasteiger partial charge >= 0.3 is 0 Å². The van der Waals surface area contributed by atoms with Crippen LogP contribution in [-0.4, -0.2) is 11.2 Å². The molecule has 0 saturated heterocycles. The van der Waals surface area contributed by atoms with Gasteiger partial charge in [0.15, 0.2) is 11.6 Å². The first-order valence-electron chi connectivity index (χ1n) is 5.98. The lowest BCUT2D eigenvalue weighted by Crippen LogP contribution is -1.96. The maximum atomic E-state index is 13.6. The fourth-order valence-corrected chi connectivity index (χ4v) is 1.63. The lowest BCUT2D eigenvalue weighted by Gasteiger charge is -2.09. The van der Waals surface area contributed by atoms with Crippen molar-refractivity contribution in [1.82, 2.24) is 4.98 Å². The first kappa shape index (κ1) is 13.7. The highest BCUT2D eigenvalue weighted by molar-refractivity contribution is 5.63. The highest BCUT2D eigenvalue weighted by Gasteiger charge is 2.12. The molecule has 2 aromatic rings. The maximum absolute atomic E-state index is 13.6. The molecule has 20 heavy (non-hydrogen) atoms. The third-order valence-corrected chi connectivity index (χ3v) is 2.58. The third-order valence-electron chi connectivity index (χ3n) is 2.58. The van der Waals surface area contributed by atoms with Crippen LogP contribution in [0, 0.1) is 24.1 Å². The minimum absolute atomic E-state index is 0.0302. The van der Waals surface area contributed by atoms with Gasteiger partial charge in [0.1, 0.15) is 11.6 Å². The number of aliphatic imine (C=N–C) groups is 1. The fraction of sp³-hybridized carbons (Fsp3) is 0.133. The first-order chi connectivity index (χ1) is 9.65. The second kappa shape index (κ2) is 5.93. The van der Waals surface area contributed by atoms with Crippen molar-refractivity contribution in [3.63, 3.8) is 0 Å². The van der Waals surface area contributed by atoms with Crippen LogP contribution in [0.4, 0.5) is 10.1 Å². The molecule has 0 atom stereocenters. The van der Waals surface area contributed by atoms with Gasteiger partial charge in [-0.25, -0.2) is 9.37 Å². The zero-order valence-corrected chi connectivity index (χ0v) is 11.1. The summed E-state index contributed by atoms with van der Waals surface area (Å²) in [7, 11) is 0. The standard InChI is InChI=1S/C15H12FN3O/c1-3-18-13-8-11(9-17)15(19-10(13)2)20-14-7-5-4-6-12(14)16/h3-8H,1-2H3. The van der Waals surface area contributed by atoms with E-state index in [0.29, 0.717) is 11.4 Å². The summed E-state index contributed by atoms with van der Waals surface area (Å²) in [6, 6.07) is 9.51. The van der Waals surface area contributed by atoms with Gasteiger partial charge in [0.25, 0.3) is 0 Å². The molecule has 1 aromatic carbocycles. The number of halogens is 1. The van der Waals surface area contributed by atoms with Gasteiger partial charge < -0.3 is 4.74 Å². The van der Waals surface area contributed by atoms with Gasteiger partial charge in [0.05, 0.1) is 11.4 Å². The van der Waals surface area contributed by atoms with Crippen molar-refractivity contribution in [2.75, 3.05) is 0 Å². The van der Waals surface area contributed by atoms with Gasteiger partial charge in [-0.05, 0) is 32.0 Å². The normalized spacial score (nSPS) is 10.5. The fourth-order valence-electron chi connectivity index (χ4n) is 1.63. The summed E-state index contributed by atoms with van der Waals surface area (Å²) in [5.41, 5.74) is 1.40. The number of aromatic nitrogens is 1. The number of nitrogens with zero attached hydrogens (tertiary/aromatic N) is 3. The molecule has 0 bridgehead atoms. The molecule has 0 aliphatic heterocycles. The smallest absolute Gasteiger partial charge is 0.237 e. The van der Waals surface area contributed by atoms with Gasteiger partial charge in [-0.1, -0.05) is 12.1 Å². The molecule has 0 amide bonds. The summed E-state index contributed by atoms with van der Waals surface area (Å²) in [4.78, 5) is 8.29. The van der Waals surface area contributed by atoms with Crippen molar-refractivity contribution in [2.24, 2.45) is 4.99 Å². The molecular weight excluding hydrogens is 257 g/mol. The Morgan fingerprint density at radius 1 is 1.40 bits per heavy atom. The second-order valence-electron chi connectivity index (χ2n) is 3.98. The van der Waals surface area contributed by atoms with Crippen molar-refractivity contribution < 1.29 is 9.13 Å². The zero-order valence-electron chi connectivity index (χ0n) is 11.1. The molecule has 1 heterocycles. The van der Waals surface area contributed by atoms with Crippen LogP contribution < -0.4 is 4.74 Å². The Labute approximate surface area is 116 Å². The highest BCUT2D eigenvalue weighted by Crippen LogP contribution is 2.29. The van der Waals surface area contributed by atoms with Crippen LogP contribution in [0.3, 0.4) is 0 Å². The van der Waals surface area contributed by atoms with E-state index in [2.05, 4.69) is 9.98 Å². The number of para-hydroxylation sites is 1. The number of pyridine rings is 1. The quantitative estimate of drug-likeness (QED) is 0.793. The van der Waals surface area contributed by atoms with Gasteiger partial charge in [-0.2, -0.15) is 5.26 Å². The van der Waals surface area contributed by atoms with Gasteiger partial charge in [-0.3, -0.25) is 4.99 Å². The molecular formula is C15H12FN3O. The zero-order chi connectivity index (χ0) is 14.5. The molecule has 0 aliphatic rings. The number of ether oxygens (including phenoxy) is 1. The highest BCUT2D eigenvalue weighted by atomic mass is 19.1. The van der Waals surface area contributed by atoms with Crippen LogP contribution in [0.25, 0.3) is 0 Å². The Balaban J connectivity index is 2.45. The maximum Gasteiger partial charge on any atom is 0.237 e. The van der Waals surface area contributed by atoms with Crippen LogP contribution >= 0.6 is 0 Å². The average molecular weight is 269 g/mol. The molecule has 0 radical (unpaired) electrons. The number of hydrogen-bond donors (Lipinski definition) is 0. The number of rotatable bonds is 3. The summed E-state index contributed by atoms with van der Waals surface area (Å²) >= 11 is 0. The number of benzene rings is 1. The van der Waals surface area contributed by atoms with Crippen LogP contribution in [0.5, 0.6) is 11.6 Å². The summed E-state index contributed by atoms with van der Waals surface area (Å²) in [6.45, 7) is 3.52. The minimum atomic E-state index is -0.508. The lowest BCUT2D eigenvalue weighted by atomic mass is 10.2. The molecule has 5 heteroatoms. The first-order valence-corrected chi connectivity index (χ1v) is 5.98. The molecule has 0 aliphatic carbocycles. The molecule has 0 spiro atoms. The Hall–Kier alpha value is -2.74. The van der Waals surface area contributed by atoms with E-state index >= 15 is 0 Å². The van der Waals surface area contributed by atoms with Crippen molar-refractivity contribution in [2.45, 2.75) is 13.8 Å². The molecule has 0 unspecified atom stereocenters. The van der Waals surface area contributed by atoms with Gasteiger partial charge in [0, 0.05) is 6.21 Å². The largest absolute Gasteiger partial charge is 0.435 e. The Morgan fingerprint density at radius 3 is 2.80 bits per heavy atom. The number of nitriles is 1. The Kier molecular flexibility index (Phi) is 4.06. The molecule has 2 rings (SSSR count). The van der Waals surface area contributed by atoms with E-state index in [4.69, 9.17) is 10.00 Å². The predicted octanol–water partition coefficient (Wildman–Crippen LogP) is 3.92. The Morgan fingerprint density at radius 2 is 2.15 bits per heavy atom. The van der Waals surface area contributed by atoms with Gasteiger partial charge in [0.2, 0.25) is 5.88 Å². The van der Waals surface area contributed by atoms with E-state index in [0.717, 1.165) is 0 Å². The van der Waals surface area contributed by atoms with E-state index in [1.807, 2.05) is 6.07 Å². The van der Waals surface area contributed by atoms with Gasteiger partial charge in [-0.15, -0.1) is 0 Å². The van der Waals surface area contributed by atoms with Crippen molar-refractivity contribution in [3.05, 3.63) is 47.4 Å². The van der Waals surface area contributed by atoms with Crippen LogP contribution in [0.15, 0.2) is 35.3 Å². The van der Waals surface area contributed by atoms with Crippen molar-refractivity contribution >= 4 is 11.9 Å². The van der Waals surface area contributed by atoms with Crippen LogP contribution in [-0.2, 0) is 0 Å². The van der Waals surface area contributed by atoms with E-state index in [-0.39, 0.29) is 17.2 Å².